The molecule has 0 aromatic carbocycles. The molecule has 2 rings (SSSR count). The number of ether oxygens (including phenoxy) is 1. The van der Waals surface area contributed by atoms with Crippen molar-refractivity contribution >= 4 is 17.5 Å². The van der Waals surface area contributed by atoms with Crippen LogP contribution in [0.25, 0.3) is 5.82 Å². The zero-order chi connectivity index (χ0) is 14.7. The maximum Gasteiger partial charge on any atom is 0.272 e. The van der Waals surface area contributed by atoms with Gasteiger partial charge in [-0.3, -0.25) is 4.79 Å². The molecule has 0 fully saturated rings. The molecule has 0 aliphatic carbocycles. The Balaban J connectivity index is 2.41. The van der Waals surface area contributed by atoms with Crippen LogP contribution in [0.4, 0.5) is 8.78 Å². The van der Waals surface area contributed by atoms with E-state index in [1.165, 1.54) is 12.3 Å². The smallest absolute Gasteiger partial charge is 0.272 e. The monoisotopic (exact) mass is 302 g/mol. The number of pyridine rings is 1. The van der Waals surface area contributed by atoms with Crippen LogP contribution in [0.3, 0.4) is 0 Å². The zero-order valence-electron chi connectivity index (χ0n) is 9.96. The number of carbonyl (C=O) groups is 1. The molecule has 6 nitrogen and oxygen atoms in total. The lowest BCUT2D eigenvalue weighted by Gasteiger charge is -2.05. The summed E-state index contributed by atoms with van der Waals surface area (Å²) in [6.07, 6.45) is -1.22. The van der Waals surface area contributed by atoms with Crippen molar-refractivity contribution in [3.63, 3.8) is 0 Å². The summed E-state index contributed by atoms with van der Waals surface area (Å²) in [5.74, 6) is -0.832. The van der Waals surface area contributed by atoms with E-state index in [9.17, 15) is 13.6 Å². The van der Waals surface area contributed by atoms with Gasteiger partial charge in [-0.05, 0) is 12.1 Å². The van der Waals surface area contributed by atoms with Crippen LogP contribution in [0.15, 0.2) is 24.4 Å². The molecule has 0 aliphatic heterocycles. The average Bonchev–Trinajstić information content (AvgIpc) is 2.81. The van der Waals surface area contributed by atoms with Gasteiger partial charge in [0.05, 0.1) is 5.02 Å². The standard InChI is InChI=1S/C11H9ClF2N4O2/c12-6-2-1-3-16-11(6)18-7(10(15)19)4-9(17-18)20-5-8(13)14/h1-4,8H,5H2,(H2,15,19). The quantitative estimate of drug-likeness (QED) is 0.910. The van der Waals surface area contributed by atoms with Gasteiger partial charge in [-0.15, -0.1) is 5.10 Å². The van der Waals surface area contributed by atoms with Crippen LogP contribution in [0.1, 0.15) is 10.5 Å². The van der Waals surface area contributed by atoms with Crippen molar-refractivity contribution in [2.45, 2.75) is 6.43 Å². The molecule has 0 aliphatic rings. The minimum Gasteiger partial charge on any atom is -0.471 e. The number of nitrogens with two attached hydrogens (primary N) is 1. The van der Waals surface area contributed by atoms with E-state index in [2.05, 4.69) is 10.1 Å². The van der Waals surface area contributed by atoms with E-state index in [0.29, 0.717) is 0 Å². The van der Waals surface area contributed by atoms with Crippen LogP contribution < -0.4 is 10.5 Å². The molecular weight excluding hydrogens is 294 g/mol. The molecule has 2 aromatic rings. The minimum atomic E-state index is -2.66. The van der Waals surface area contributed by atoms with Gasteiger partial charge in [0.2, 0.25) is 5.88 Å². The summed E-state index contributed by atoms with van der Waals surface area (Å²) in [5.41, 5.74) is 5.12. The Hall–Kier alpha value is -2.22. The van der Waals surface area contributed by atoms with Gasteiger partial charge in [0.15, 0.2) is 12.4 Å². The SMILES string of the molecule is NC(=O)c1cc(OCC(F)F)nn1-c1ncccc1Cl. The summed E-state index contributed by atoms with van der Waals surface area (Å²) >= 11 is 5.94. The second kappa shape index (κ2) is 5.83. The van der Waals surface area contributed by atoms with Crippen LogP contribution in [0.2, 0.25) is 5.02 Å². The van der Waals surface area contributed by atoms with Crippen LogP contribution in [-0.4, -0.2) is 33.7 Å². The van der Waals surface area contributed by atoms with E-state index < -0.39 is 18.9 Å². The minimum absolute atomic E-state index is 0.0742. The summed E-state index contributed by atoms with van der Waals surface area (Å²) in [6, 6.07) is 4.28. The number of alkyl halides is 2. The molecule has 0 unspecified atom stereocenters. The van der Waals surface area contributed by atoms with Gasteiger partial charge in [-0.2, -0.15) is 0 Å². The van der Waals surface area contributed by atoms with Crippen LogP contribution >= 0.6 is 11.6 Å². The zero-order valence-corrected chi connectivity index (χ0v) is 10.7. The number of hydrogen-bond acceptors (Lipinski definition) is 4. The Bertz CT molecular complexity index is 633. The first-order valence-electron chi connectivity index (χ1n) is 5.40. The number of primary amides is 1. The van der Waals surface area contributed by atoms with E-state index >= 15 is 0 Å². The van der Waals surface area contributed by atoms with Crippen molar-refractivity contribution in [3.8, 4) is 11.7 Å². The third-order valence-corrected chi connectivity index (χ3v) is 2.53. The molecule has 106 valence electrons. The van der Waals surface area contributed by atoms with Gasteiger partial charge in [-0.1, -0.05) is 11.6 Å². The van der Waals surface area contributed by atoms with E-state index in [1.54, 1.807) is 6.07 Å². The van der Waals surface area contributed by atoms with Crippen molar-refractivity contribution in [1.29, 1.82) is 0 Å². The molecule has 2 heterocycles. The fourth-order valence-electron chi connectivity index (χ4n) is 1.45. The van der Waals surface area contributed by atoms with Crippen molar-refractivity contribution in [3.05, 3.63) is 35.1 Å². The highest BCUT2D eigenvalue weighted by Gasteiger charge is 2.18. The van der Waals surface area contributed by atoms with Gasteiger partial charge in [0.25, 0.3) is 12.3 Å². The third kappa shape index (κ3) is 3.02. The van der Waals surface area contributed by atoms with Gasteiger partial charge in [0, 0.05) is 12.3 Å². The molecule has 0 atom stereocenters. The number of rotatable bonds is 5. The van der Waals surface area contributed by atoms with Gasteiger partial charge < -0.3 is 10.5 Å². The Morgan fingerprint density at radius 1 is 1.55 bits per heavy atom. The molecule has 0 saturated carbocycles. The molecule has 2 N–H and O–H groups in total. The summed E-state index contributed by atoms with van der Waals surface area (Å²) in [5, 5.41) is 4.07. The second-order valence-corrected chi connectivity index (χ2v) is 4.06. The lowest BCUT2D eigenvalue weighted by molar-refractivity contribution is 0.0794. The van der Waals surface area contributed by atoms with Gasteiger partial charge in [-0.25, -0.2) is 18.4 Å². The van der Waals surface area contributed by atoms with Crippen LogP contribution in [0, 0.1) is 0 Å². The molecular formula is C11H9ClF2N4O2. The average molecular weight is 303 g/mol. The van der Waals surface area contributed by atoms with Crippen molar-refractivity contribution in [1.82, 2.24) is 14.8 Å². The molecule has 1 amide bonds. The predicted octanol–water partition coefficient (Wildman–Crippen LogP) is 1.66. The first-order valence-corrected chi connectivity index (χ1v) is 5.78. The topological polar surface area (TPSA) is 83.0 Å². The summed E-state index contributed by atoms with van der Waals surface area (Å²) < 4.78 is 30.0. The highest BCUT2D eigenvalue weighted by molar-refractivity contribution is 6.32. The van der Waals surface area contributed by atoms with Gasteiger partial charge in [0.1, 0.15) is 5.69 Å². The number of hydrogen-bond donors (Lipinski definition) is 1. The molecule has 0 spiro atoms. The van der Waals surface area contributed by atoms with Crippen molar-refractivity contribution in [2.24, 2.45) is 5.73 Å². The largest absolute Gasteiger partial charge is 0.471 e. The third-order valence-electron chi connectivity index (χ3n) is 2.24. The Kier molecular flexibility index (Phi) is 4.14. The molecule has 0 saturated heterocycles. The van der Waals surface area contributed by atoms with Crippen LogP contribution in [-0.2, 0) is 0 Å². The molecule has 0 radical (unpaired) electrons. The molecule has 9 heteroatoms. The summed E-state index contributed by atoms with van der Waals surface area (Å²) in [7, 11) is 0. The number of halogens is 3. The highest BCUT2D eigenvalue weighted by atomic mass is 35.5. The number of carbonyl (C=O) groups excluding carboxylic acids is 1. The van der Waals surface area contributed by atoms with Crippen LogP contribution in [0.5, 0.6) is 5.88 Å². The Labute approximate surface area is 117 Å². The van der Waals surface area contributed by atoms with Gasteiger partial charge >= 0.3 is 0 Å². The highest BCUT2D eigenvalue weighted by Crippen LogP contribution is 2.21. The number of aromatic nitrogens is 3. The lowest BCUT2D eigenvalue weighted by atomic mass is 10.4. The number of nitrogens with zero attached hydrogens (tertiary/aromatic N) is 3. The maximum absolute atomic E-state index is 12.1. The second-order valence-electron chi connectivity index (χ2n) is 3.65. The maximum atomic E-state index is 12.1. The molecule has 0 bridgehead atoms. The Morgan fingerprint density at radius 3 is 2.90 bits per heavy atom. The van der Waals surface area contributed by atoms with E-state index in [-0.39, 0.29) is 22.4 Å². The molecule has 2 aromatic heterocycles. The van der Waals surface area contributed by atoms with Crippen molar-refractivity contribution < 1.29 is 18.3 Å². The first kappa shape index (κ1) is 14.2. The normalized spacial score (nSPS) is 10.8. The van der Waals surface area contributed by atoms with E-state index in [4.69, 9.17) is 22.1 Å². The lowest BCUT2D eigenvalue weighted by Crippen LogP contribution is -2.17. The summed E-state index contributed by atoms with van der Waals surface area (Å²) in [4.78, 5) is 15.3. The molecule has 20 heavy (non-hydrogen) atoms. The fourth-order valence-corrected chi connectivity index (χ4v) is 1.65. The number of amides is 1. The first-order chi connectivity index (χ1) is 9.49. The van der Waals surface area contributed by atoms with E-state index in [0.717, 1.165) is 10.7 Å². The van der Waals surface area contributed by atoms with Crippen molar-refractivity contribution in [2.75, 3.05) is 6.61 Å². The Morgan fingerprint density at radius 2 is 2.30 bits per heavy atom. The fraction of sp³-hybridized carbons (Fsp3) is 0.182. The predicted molar refractivity (Wildman–Crippen MR) is 66.4 cm³/mol. The summed E-state index contributed by atoms with van der Waals surface area (Å²) in [6.45, 7) is -0.842. The van der Waals surface area contributed by atoms with E-state index in [1.807, 2.05) is 0 Å².